The quantitative estimate of drug-likeness (QED) is 0.143. The zero-order chi connectivity index (χ0) is 26.1. The molecule has 3 heterocycles. The largest absolute Gasteiger partial charge is 0.481 e. The first-order valence-electron chi connectivity index (χ1n) is 10.3. The van der Waals surface area contributed by atoms with Gasteiger partial charge in [-0.2, -0.15) is 4.31 Å². The smallest absolute Gasteiger partial charge is 0.388 e. The maximum atomic E-state index is 12.1. The molecule has 2 saturated heterocycles. The third kappa shape index (κ3) is 6.96. The first-order valence-corrected chi connectivity index (χ1v) is 13.3. The topological polar surface area (TPSA) is 248 Å². The van der Waals surface area contributed by atoms with E-state index in [9.17, 15) is 44.1 Å². The normalized spacial score (nSPS) is 38.7. The lowest BCUT2D eigenvalue weighted by molar-refractivity contribution is -0.115. The number of carbonyl (C=O) groups excluding carboxylic acids is 1. The Morgan fingerprint density at radius 2 is 1.57 bits per heavy atom. The number of nitrogens with two attached hydrogens (primary N) is 1. The second-order valence-electron chi connectivity index (χ2n) is 8.07. The zero-order valence-electron chi connectivity index (χ0n) is 18.3. The summed E-state index contributed by atoms with van der Waals surface area (Å²) in [4.78, 5) is 32.2. The summed E-state index contributed by atoms with van der Waals surface area (Å²) in [5, 5.41) is 39.9. The van der Waals surface area contributed by atoms with Crippen LogP contribution in [0, 0.1) is 0 Å². The van der Waals surface area contributed by atoms with E-state index in [-0.39, 0.29) is 12.0 Å². The zero-order valence-corrected chi connectivity index (χ0v) is 20.1. The van der Waals surface area contributed by atoms with Crippen LogP contribution in [0.5, 0.6) is 0 Å². The molecule has 18 heteroatoms. The van der Waals surface area contributed by atoms with Gasteiger partial charge in [-0.15, -0.1) is 0 Å². The Hall–Kier alpha value is -1.23. The van der Waals surface area contributed by atoms with Gasteiger partial charge in [-0.3, -0.25) is 13.8 Å². The van der Waals surface area contributed by atoms with Crippen LogP contribution in [0.1, 0.15) is 13.3 Å². The molecule has 4 unspecified atom stereocenters. The molecule has 0 aromatic heterocycles. The first-order chi connectivity index (χ1) is 16.2. The average Bonchev–Trinajstić information content (AvgIpc) is 3.20. The van der Waals surface area contributed by atoms with Crippen molar-refractivity contribution in [2.45, 2.75) is 62.3 Å². The van der Waals surface area contributed by atoms with Gasteiger partial charge in [0.05, 0.1) is 19.3 Å². The van der Waals surface area contributed by atoms with Gasteiger partial charge in [-0.1, -0.05) is 6.08 Å². The van der Waals surface area contributed by atoms with Crippen LogP contribution in [-0.4, -0.2) is 103 Å². The second kappa shape index (κ2) is 11.0. The van der Waals surface area contributed by atoms with E-state index in [0.29, 0.717) is 0 Å². The number of hydrogen-bond acceptors (Lipinski definition) is 13. The fraction of sp³-hybridized carbons (Fsp3) is 0.706. The van der Waals surface area contributed by atoms with Crippen LogP contribution in [-0.2, 0) is 36.8 Å². The third-order valence-electron chi connectivity index (χ3n) is 5.48. The number of hydrogen-bond donors (Lipinski definition) is 7. The van der Waals surface area contributed by atoms with Gasteiger partial charge >= 0.3 is 15.6 Å². The highest BCUT2D eigenvalue weighted by Crippen LogP contribution is 2.60. The molecule has 1 amide bonds. The molecule has 0 aromatic rings. The minimum Gasteiger partial charge on any atom is -0.388 e. The molecule has 0 bridgehead atoms. The number of allylic oxidation sites excluding steroid dienone is 1. The molecule has 8 N–H and O–H groups in total. The van der Waals surface area contributed by atoms with Gasteiger partial charge in [0.1, 0.15) is 36.6 Å². The summed E-state index contributed by atoms with van der Waals surface area (Å²) in [7, 11) is -10.5. The lowest BCUT2D eigenvalue weighted by Crippen LogP contribution is -2.40. The molecule has 3 aliphatic rings. The van der Waals surface area contributed by atoms with Crippen LogP contribution in [0.3, 0.4) is 0 Å². The van der Waals surface area contributed by atoms with Crippen molar-refractivity contribution in [1.82, 2.24) is 4.90 Å². The highest BCUT2D eigenvalue weighted by molar-refractivity contribution is 7.61. The standard InChI is InChI=1S/C17H28N2O14P2/c1-8-12(20)13(21)10(31-8)6-29-34(25,26)33-35(27,28)30-7-11-14(22)15(23)17(32-11)19-4-2-3-9(5-19)16(18)24/h2,4-5,8,10-15,17,20-23H,3,6-7H2,1H3,(H2,18,24)(H,25,26)(H,27,28)/t8-,10+,11-,12?,13-,14?,15+,17-/m1/s1. The second-order valence-corrected chi connectivity index (χ2v) is 11.1. The summed E-state index contributed by atoms with van der Waals surface area (Å²) in [6, 6.07) is 0. The Bertz CT molecular complexity index is 946. The minimum absolute atomic E-state index is 0.212. The van der Waals surface area contributed by atoms with Crippen LogP contribution in [0.4, 0.5) is 0 Å². The molecular formula is C17H28N2O14P2. The van der Waals surface area contributed by atoms with Gasteiger partial charge in [0.25, 0.3) is 0 Å². The molecule has 0 aromatic carbocycles. The highest BCUT2D eigenvalue weighted by atomic mass is 31.3. The molecule has 3 rings (SSSR count). The van der Waals surface area contributed by atoms with Crippen molar-refractivity contribution in [2.24, 2.45) is 5.73 Å². The number of phosphoric ester groups is 2. The van der Waals surface area contributed by atoms with Crippen molar-refractivity contribution in [2.75, 3.05) is 13.2 Å². The van der Waals surface area contributed by atoms with Crippen LogP contribution in [0.25, 0.3) is 0 Å². The molecule has 3 aliphatic heterocycles. The fourth-order valence-electron chi connectivity index (χ4n) is 3.60. The number of aliphatic hydroxyl groups is 4. The van der Waals surface area contributed by atoms with Gasteiger partial charge in [0.15, 0.2) is 6.23 Å². The minimum atomic E-state index is -5.25. The number of phosphoric acid groups is 2. The van der Waals surface area contributed by atoms with E-state index in [2.05, 4.69) is 13.4 Å². The summed E-state index contributed by atoms with van der Waals surface area (Å²) in [5.74, 6) is -0.694. The summed E-state index contributed by atoms with van der Waals surface area (Å²) in [6.45, 7) is -0.145. The SMILES string of the molecule is C[C@H]1O[C@@H](COP(=O)(O)OP(=O)(O)OC[C@H]2O[C@@H](N3C=CCC(C(N)=O)=C3)[C@@H](O)C2O)[C@@H](O)C1O. The molecule has 35 heavy (non-hydrogen) atoms. The van der Waals surface area contributed by atoms with E-state index >= 15 is 0 Å². The van der Waals surface area contributed by atoms with E-state index < -0.39 is 83.7 Å². The van der Waals surface area contributed by atoms with Crippen molar-refractivity contribution in [3.63, 3.8) is 0 Å². The lowest BCUT2D eigenvalue weighted by Gasteiger charge is -2.28. The highest BCUT2D eigenvalue weighted by Gasteiger charge is 2.47. The number of carbonyl (C=O) groups is 1. The van der Waals surface area contributed by atoms with Crippen molar-refractivity contribution >= 4 is 21.6 Å². The number of nitrogens with zero attached hydrogens (tertiary/aromatic N) is 1. The molecule has 2 fully saturated rings. The molecule has 0 aliphatic carbocycles. The Balaban J connectivity index is 1.53. The number of amides is 1. The molecule has 16 nitrogen and oxygen atoms in total. The van der Waals surface area contributed by atoms with Gasteiger partial charge < -0.3 is 50.3 Å². The summed E-state index contributed by atoms with van der Waals surface area (Å²) in [6.07, 6.45) is -5.76. The van der Waals surface area contributed by atoms with E-state index in [1.54, 1.807) is 6.08 Å². The van der Waals surface area contributed by atoms with Gasteiger partial charge in [-0.05, 0) is 13.3 Å². The van der Waals surface area contributed by atoms with Crippen LogP contribution in [0.15, 0.2) is 24.0 Å². The van der Waals surface area contributed by atoms with Crippen LogP contribution in [0.2, 0.25) is 0 Å². The Morgan fingerprint density at radius 3 is 2.09 bits per heavy atom. The first kappa shape index (κ1) is 28.3. The third-order valence-corrected chi connectivity index (χ3v) is 8.08. The van der Waals surface area contributed by atoms with Crippen molar-refractivity contribution in [3.05, 3.63) is 24.0 Å². The molecule has 0 spiro atoms. The van der Waals surface area contributed by atoms with Crippen molar-refractivity contribution in [1.29, 1.82) is 0 Å². The maximum absolute atomic E-state index is 12.1. The average molecular weight is 546 g/mol. The molecule has 200 valence electrons. The summed E-state index contributed by atoms with van der Waals surface area (Å²) >= 11 is 0. The van der Waals surface area contributed by atoms with Gasteiger partial charge in [0.2, 0.25) is 5.91 Å². The van der Waals surface area contributed by atoms with E-state index in [0.717, 1.165) is 0 Å². The predicted molar refractivity (Wildman–Crippen MR) is 113 cm³/mol. The summed E-state index contributed by atoms with van der Waals surface area (Å²) < 4.78 is 48.1. The molecule has 10 atom stereocenters. The van der Waals surface area contributed by atoms with E-state index in [1.807, 2.05) is 0 Å². The van der Waals surface area contributed by atoms with Crippen LogP contribution >= 0.6 is 15.6 Å². The van der Waals surface area contributed by atoms with Gasteiger partial charge in [-0.25, -0.2) is 9.13 Å². The van der Waals surface area contributed by atoms with Crippen molar-refractivity contribution < 1.29 is 67.0 Å². The summed E-state index contributed by atoms with van der Waals surface area (Å²) in [5.41, 5.74) is 5.45. The van der Waals surface area contributed by atoms with E-state index in [1.165, 1.54) is 24.2 Å². The van der Waals surface area contributed by atoms with Gasteiger partial charge in [0, 0.05) is 18.0 Å². The van der Waals surface area contributed by atoms with E-state index in [4.69, 9.17) is 15.2 Å². The van der Waals surface area contributed by atoms with Crippen molar-refractivity contribution in [3.8, 4) is 0 Å². The number of aliphatic hydroxyl groups excluding tert-OH is 4. The lowest BCUT2D eigenvalue weighted by atomic mass is 10.1. The van der Waals surface area contributed by atoms with Crippen LogP contribution < -0.4 is 5.73 Å². The Labute approximate surface area is 199 Å². The number of rotatable bonds is 10. The Kier molecular flexibility index (Phi) is 8.93. The number of ether oxygens (including phenoxy) is 2. The Morgan fingerprint density at radius 1 is 1.03 bits per heavy atom. The maximum Gasteiger partial charge on any atom is 0.481 e. The molecule has 0 radical (unpaired) electrons. The predicted octanol–water partition coefficient (Wildman–Crippen LogP) is -2.22. The monoisotopic (exact) mass is 546 g/mol. The molecular weight excluding hydrogens is 518 g/mol. The fourth-order valence-corrected chi connectivity index (χ4v) is 5.69. The molecule has 0 saturated carbocycles. The number of primary amides is 1.